The van der Waals surface area contributed by atoms with Crippen LogP contribution in [0.2, 0.25) is 0 Å². The molecule has 0 radical (unpaired) electrons. The van der Waals surface area contributed by atoms with Gasteiger partial charge in [-0.3, -0.25) is 0 Å². The molecule has 0 saturated heterocycles. The summed E-state index contributed by atoms with van der Waals surface area (Å²) in [6.07, 6.45) is 0. The van der Waals surface area contributed by atoms with E-state index in [4.69, 9.17) is 0 Å². The zero-order valence-electron chi connectivity index (χ0n) is 28.7. The molecule has 4 nitrogen and oxygen atoms in total. The lowest BCUT2D eigenvalue weighted by Gasteiger charge is -2.36. The van der Waals surface area contributed by atoms with Crippen molar-refractivity contribution in [3.63, 3.8) is 0 Å². The monoisotopic (exact) mass is 614 g/mol. The Morgan fingerprint density at radius 2 is 0.457 bits per heavy atom. The van der Waals surface area contributed by atoms with Gasteiger partial charge in [-0.2, -0.15) is 0 Å². The van der Waals surface area contributed by atoms with E-state index in [0.717, 1.165) is 77.9 Å². The summed E-state index contributed by atoms with van der Waals surface area (Å²) in [7, 11) is 0. The molecule has 0 spiro atoms. The molecule has 0 aliphatic heterocycles. The van der Waals surface area contributed by atoms with Gasteiger partial charge in [0.05, 0.1) is 0 Å². The maximum Gasteiger partial charge on any atom is 0.121 e. The Kier molecular flexibility index (Phi) is 8.23. The Labute approximate surface area is 273 Å². The van der Waals surface area contributed by atoms with Crippen LogP contribution >= 0.6 is 0 Å². The van der Waals surface area contributed by atoms with Crippen LogP contribution in [0, 0.1) is 55.4 Å². The van der Waals surface area contributed by atoms with Crippen molar-refractivity contribution in [1.29, 1.82) is 0 Å². The molecule has 5 aromatic rings. The Balaban J connectivity index is 1.78. The quantitative estimate of drug-likeness (QED) is 0.144. The molecule has 0 aromatic heterocycles. The molecule has 0 aliphatic rings. The molecule has 46 heavy (non-hydrogen) atoms. The number of aryl methyl sites for hydroxylation is 8. The Morgan fingerprint density at radius 1 is 0.304 bits per heavy atom. The minimum atomic E-state index is -0.598. The molecule has 0 aliphatic carbocycles. The summed E-state index contributed by atoms with van der Waals surface area (Å²) in [6.45, 7) is 19.8. The van der Waals surface area contributed by atoms with Crippen LogP contribution in [0.3, 0.4) is 0 Å². The van der Waals surface area contributed by atoms with E-state index in [9.17, 15) is 20.4 Å². The first-order valence-corrected chi connectivity index (χ1v) is 15.8. The van der Waals surface area contributed by atoms with E-state index in [-0.39, 0.29) is 0 Å². The highest BCUT2D eigenvalue weighted by Gasteiger charge is 2.36. The third-order valence-corrected chi connectivity index (χ3v) is 10.3. The molecule has 5 rings (SSSR count). The standard InChI is InChI=1S/C42H46O4/c1-23-15-33(16-24(2)37(23)43)41(9,34-17-25(3)38(44)26(4)18-34)31-11-13-32(14-12-31)42(10,35-19-27(5)39(45)28(6)20-35)36-21-29(7)40(46)30(8)22-36/h11-22,43-46H,1-10H3. The Bertz CT molecular complexity index is 1630. The van der Waals surface area contributed by atoms with Gasteiger partial charge in [0.15, 0.2) is 0 Å². The molecule has 4 N–H and O–H groups in total. The van der Waals surface area contributed by atoms with Crippen LogP contribution < -0.4 is 0 Å². The van der Waals surface area contributed by atoms with Crippen LogP contribution in [0.1, 0.15) is 91.7 Å². The highest BCUT2D eigenvalue weighted by atomic mass is 16.3. The molecule has 0 atom stereocenters. The lowest BCUT2D eigenvalue weighted by Crippen LogP contribution is -2.28. The van der Waals surface area contributed by atoms with Crippen molar-refractivity contribution in [2.24, 2.45) is 0 Å². The van der Waals surface area contributed by atoms with E-state index in [0.29, 0.717) is 23.0 Å². The first-order chi connectivity index (χ1) is 21.5. The molecule has 0 amide bonds. The molecular weight excluding hydrogens is 568 g/mol. The fourth-order valence-corrected chi connectivity index (χ4v) is 7.12. The van der Waals surface area contributed by atoms with E-state index in [1.54, 1.807) is 0 Å². The average Bonchev–Trinajstić information content (AvgIpc) is 3.02. The summed E-state index contributed by atoms with van der Waals surface area (Å²) in [5.41, 5.74) is 11.7. The summed E-state index contributed by atoms with van der Waals surface area (Å²) in [4.78, 5) is 0. The van der Waals surface area contributed by atoms with Gasteiger partial charge >= 0.3 is 0 Å². The number of phenols is 4. The predicted octanol–water partition coefficient (Wildman–Crippen LogP) is 9.68. The number of rotatable bonds is 6. The van der Waals surface area contributed by atoms with Gasteiger partial charge in [0.2, 0.25) is 0 Å². The molecule has 4 heteroatoms. The molecule has 0 fully saturated rings. The first-order valence-electron chi connectivity index (χ1n) is 15.8. The number of aromatic hydroxyl groups is 4. The highest BCUT2D eigenvalue weighted by Crippen LogP contribution is 2.46. The Hall–Kier alpha value is -4.70. The third-order valence-electron chi connectivity index (χ3n) is 10.3. The van der Waals surface area contributed by atoms with E-state index in [1.807, 2.05) is 55.4 Å². The van der Waals surface area contributed by atoms with E-state index < -0.39 is 10.8 Å². The molecule has 5 aromatic carbocycles. The third kappa shape index (κ3) is 5.20. The van der Waals surface area contributed by atoms with Gasteiger partial charge in [-0.05, 0) is 147 Å². The molecule has 0 heterocycles. The predicted molar refractivity (Wildman–Crippen MR) is 188 cm³/mol. The smallest absolute Gasteiger partial charge is 0.121 e. The van der Waals surface area contributed by atoms with E-state index >= 15 is 0 Å². The van der Waals surface area contributed by atoms with Crippen molar-refractivity contribution < 1.29 is 20.4 Å². The second kappa shape index (κ2) is 11.6. The van der Waals surface area contributed by atoms with Crippen LogP contribution in [0.4, 0.5) is 0 Å². The summed E-state index contributed by atoms with van der Waals surface area (Å²) in [5.74, 6) is 1.20. The van der Waals surface area contributed by atoms with Gasteiger partial charge < -0.3 is 20.4 Å². The topological polar surface area (TPSA) is 80.9 Å². The largest absolute Gasteiger partial charge is 0.507 e. The number of hydrogen-bond acceptors (Lipinski definition) is 4. The van der Waals surface area contributed by atoms with Gasteiger partial charge in [0.1, 0.15) is 23.0 Å². The van der Waals surface area contributed by atoms with Crippen molar-refractivity contribution in [2.45, 2.75) is 80.1 Å². The van der Waals surface area contributed by atoms with Crippen molar-refractivity contribution in [1.82, 2.24) is 0 Å². The first kappa shape index (κ1) is 32.7. The molecule has 0 saturated carbocycles. The minimum Gasteiger partial charge on any atom is -0.507 e. The van der Waals surface area contributed by atoms with Crippen LogP contribution in [0.5, 0.6) is 23.0 Å². The van der Waals surface area contributed by atoms with Crippen LogP contribution in [0.15, 0.2) is 72.8 Å². The van der Waals surface area contributed by atoms with Gasteiger partial charge in [0, 0.05) is 10.8 Å². The van der Waals surface area contributed by atoms with Crippen molar-refractivity contribution >= 4 is 0 Å². The van der Waals surface area contributed by atoms with Crippen LogP contribution in [0.25, 0.3) is 0 Å². The maximum absolute atomic E-state index is 10.7. The van der Waals surface area contributed by atoms with Gasteiger partial charge in [-0.25, -0.2) is 0 Å². The summed E-state index contributed by atoms with van der Waals surface area (Å²) < 4.78 is 0. The second-order valence-corrected chi connectivity index (χ2v) is 13.7. The van der Waals surface area contributed by atoms with E-state index in [2.05, 4.69) is 86.6 Å². The van der Waals surface area contributed by atoms with Crippen molar-refractivity contribution in [3.05, 3.63) is 151 Å². The molecule has 0 bridgehead atoms. The SMILES string of the molecule is Cc1cc(C(C)(c2ccc(C(C)(c3cc(C)c(O)c(C)c3)c3cc(C)c(O)c(C)c3)cc2)c2cc(C)c(O)c(C)c2)cc(C)c1O. The zero-order valence-corrected chi connectivity index (χ0v) is 28.7. The van der Waals surface area contributed by atoms with Crippen molar-refractivity contribution in [3.8, 4) is 23.0 Å². The number of benzene rings is 5. The lowest BCUT2D eigenvalue weighted by molar-refractivity contribution is 0.464. The van der Waals surface area contributed by atoms with Crippen molar-refractivity contribution in [2.75, 3.05) is 0 Å². The van der Waals surface area contributed by atoms with Gasteiger partial charge in [-0.1, -0.05) is 72.8 Å². The Morgan fingerprint density at radius 3 is 0.609 bits per heavy atom. The molecule has 0 unspecified atom stereocenters. The number of phenolic OH excluding ortho intramolecular Hbond substituents is 4. The summed E-state index contributed by atoms with van der Waals surface area (Å²) in [6, 6.07) is 25.2. The fraction of sp³-hybridized carbons (Fsp3) is 0.286. The number of hydrogen-bond donors (Lipinski definition) is 4. The van der Waals surface area contributed by atoms with Crippen LogP contribution in [-0.2, 0) is 10.8 Å². The van der Waals surface area contributed by atoms with Gasteiger partial charge in [-0.15, -0.1) is 0 Å². The van der Waals surface area contributed by atoms with Crippen LogP contribution in [-0.4, -0.2) is 20.4 Å². The maximum atomic E-state index is 10.7. The van der Waals surface area contributed by atoms with Gasteiger partial charge in [0.25, 0.3) is 0 Å². The second-order valence-electron chi connectivity index (χ2n) is 13.7. The fourth-order valence-electron chi connectivity index (χ4n) is 7.12. The minimum absolute atomic E-state index is 0.300. The summed E-state index contributed by atoms with van der Waals surface area (Å²) >= 11 is 0. The zero-order chi connectivity index (χ0) is 33.9. The average molecular weight is 615 g/mol. The van der Waals surface area contributed by atoms with E-state index in [1.165, 1.54) is 0 Å². The molecular formula is C42H46O4. The molecule has 238 valence electrons. The lowest BCUT2D eigenvalue weighted by atomic mass is 9.67. The highest BCUT2D eigenvalue weighted by molar-refractivity contribution is 5.60. The normalized spacial score (nSPS) is 12.0. The summed E-state index contributed by atoms with van der Waals surface area (Å²) in [5, 5.41) is 42.6.